The number of hydrogen-bond acceptors (Lipinski definition) is 6. The van der Waals surface area contributed by atoms with E-state index < -0.39 is 18.5 Å². The van der Waals surface area contributed by atoms with Gasteiger partial charge in [-0.25, -0.2) is 9.78 Å². The lowest BCUT2D eigenvalue weighted by molar-refractivity contribution is -0.119. The maximum Gasteiger partial charge on any atom is 0.350 e. The summed E-state index contributed by atoms with van der Waals surface area (Å²) in [5, 5.41) is 12.7. The van der Waals surface area contributed by atoms with Crippen LogP contribution < -0.4 is 5.32 Å². The molecular weight excluding hydrogens is 398 g/mol. The first-order chi connectivity index (χ1) is 13.5. The summed E-state index contributed by atoms with van der Waals surface area (Å²) in [5.41, 5.74) is 2.20. The van der Waals surface area contributed by atoms with Crippen molar-refractivity contribution in [3.05, 3.63) is 69.7 Å². The molecule has 1 aromatic heterocycles. The number of benzene rings is 2. The minimum absolute atomic E-state index is 0.328. The van der Waals surface area contributed by atoms with Gasteiger partial charge in [0.05, 0.1) is 17.3 Å². The number of thiazole rings is 1. The molecule has 0 aliphatic rings. The van der Waals surface area contributed by atoms with Gasteiger partial charge in [-0.3, -0.25) is 4.79 Å². The van der Waals surface area contributed by atoms with Crippen LogP contribution in [0.25, 0.3) is 10.6 Å². The van der Waals surface area contributed by atoms with Crippen LogP contribution in [-0.2, 0) is 9.53 Å². The summed E-state index contributed by atoms with van der Waals surface area (Å²) >= 11 is 7.17. The second-order valence-electron chi connectivity index (χ2n) is 5.76. The van der Waals surface area contributed by atoms with Gasteiger partial charge in [0.2, 0.25) is 0 Å². The van der Waals surface area contributed by atoms with Gasteiger partial charge in [0.1, 0.15) is 9.88 Å². The fraction of sp³-hybridized carbons (Fsp3) is 0.100. The third-order valence-corrected chi connectivity index (χ3v) is 5.08. The van der Waals surface area contributed by atoms with E-state index in [1.165, 1.54) is 17.4 Å². The number of nitrogens with zero attached hydrogens (tertiary/aromatic N) is 2. The molecule has 1 heterocycles. The topological polar surface area (TPSA) is 92.1 Å². The summed E-state index contributed by atoms with van der Waals surface area (Å²) < 4.78 is 5.10. The minimum atomic E-state index is -0.621. The first kappa shape index (κ1) is 19.5. The highest BCUT2D eigenvalue weighted by Gasteiger charge is 2.19. The van der Waals surface area contributed by atoms with Gasteiger partial charge < -0.3 is 10.1 Å². The summed E-state index contributed by atoms with van der Waals surface area (Å²) in [7, 11) is 0. The van der Waals surface area contributed by atoms with Crippen LogP contribution in [0.15, 0.2) is 48.5 Å². The maximum absolute atomic E-state index is 12.3. The highest BCUT2D eigenvalue weighted by molar-refractivity contribution is 7.17. The van der Waals surface area contributed by atoms with Crippen LogP contribution in [0.1, 0.15) is 20.9 Å². The normalized spacial score (nSPS) is 10.2. The Balaban J connectivity index is 1.63. The number of ether oxygens (including phenoxy) is 1. The Hall–Kier alpha value is -3.21. The van der Waals surface area contributed by atoms with Crippen molar-refractivity contribution in [2.75, 3.05) is 11.9 Å². The van der Waals surface area contributed by atoms with Crippen molar-refractivity contribution in [3.8, 4) is 16.6 Å². The van der Waals surface area contributed by atoms with Gasteiger partial charge in [-0.2, -0.15) is 5.26 Å². The van der Waals surface area contributed by atoms with Gasteiger partial charge in [-0.15, -0.1) is 11.3 Å². The van der Waals surface area contributed by atoms with E-state index in [9.17, 15) is 9.59 Å². The Bertz CT molecular complexity index is 1090. The third kappa shape index (κ3) is 4.74. The van der Waals surface area contributed by atoms with Crippen LogP contribution in [0.2, 0.25) is 5.02 Å². The molecule has 8 heteroatoms. The Labute approximate surface area is 170 Å². The van der Waals surface area contributed by atoms with E-state index in [1.54, 1.807) is 43.3 Å². The number of hydrogen-bond donors (Lipinski definition) is 1. The molecule has 0 aliphatic heterocycles. The van der Waals surface area contributed by atoms with Gasteiger partial charge in [0.15, 0.2) is 6.61 Å². The van der Waals surface area contributed by atoms with Crippen molar-refractivity contribution in [3.63, 3.8) is 0 Å². The standard InChI is InChI=1S/C20H14ClN3O3S/c1-12-18(28-19(23-12)14-5-3-6-15(21)9-14)20(26)27-11-17(25)24-16-7-2-4-13(8-16)10-22/h2-9H,11H2,1H3,(H,24,25). The SMILES string of the molecule is Cc1nc(-c2cccc(Cl)c2)sc1C(=O)OCC(=O)Nc1cccc(C#N)c1. The number of anilines is 1. The molecule has 0 unspecified atom stereocenters. The van der Waals surface area contributed by atoms with E-state index in [2.05, 4.69) is 10.3 Å². The lowest BCUT2D eigenvalue weighted by Crippen LogP contribution is -2.20. The number of carbonyl (C=O) groups is 2. The molecule has 0 fully saturated rings. The van der Waals surface area contributed by atoms with Gasteiger partial charge in [-0.1, -0.05) is 29.8 Å². The first-order valence-corrected chi connectivity index (χ1v) is 9.36. The van der Waals surface area contributed by atoms with Gasteiger partial charge in [-0.05, 0) is 37.3 Å². The first-order valence-electron chi connectivity index (χ1n) is 8.17. The Kier molecular flexibility index (Phi) is 6.04. The number of esters is 1. The smallest absolute Gasteiger partial charge is 0.350 e. The molecule has 1 N–H and O–H groups in total. The van der Waals surface area contributed by atoms with Crippen molar-refractivity contribution in [2.24, 2.45) is 0 Å². The lowest BCUT2D eigenvalue weighted by Gasteiger charge is -2.06. The molecule has 0 radical (unpaired) electrons. The zero-order chi connectivity index (χ0) is 20.1. The summed E-state index contributed by atoms with van der Waals surface area (Å²) in [5.74, 6) is -1.12. The van der Waals surface area contributed by atoms with E-state index in [4.69, 9.17) is 21.6 Å². The van der Waals surface area contributed by atoms with Crippen molar-refractivity contribution < 1.29 is 14.3 Å². The largest absolute Gasteiger partial charge is 0.451 e. The fourth-order valence-corrected chi connectivity index (χ4v) is 3.54. The zero-order valence-electron chi connectivity index (χ0n) is 14.7. The van der Waals surface area contributed by atoms with Crippen molar-refractivity contribution in [2.45, 2.75) is 6.92 Å². The monoisotopic (exact) mass is 411 g/mol. The van der Waals surface area contributed by atoms with E-state index in [0.29, 0.717) is 31.9 Å². The number of nitrogens with one attached hydrogen (secondary N) is 1. The van der Waals surface area contributed by atoms with Crippen LogP contribution in [0.5, 0.6) is 0 Å². The molecular formula is C20H14ClN3O3S. The summed E-state index contributed by atoms with van der Waals surface area (Å²) in [6.45, 7) is 1.26. The predicted octanol–water partition coefficient (Wildman–Crippen LogP) is 4.44. The number of rotatable bonds is 5. The molecule has 140 valence electrons. The third-order valence-electron chi connectivity index (χ3n) is 3.66. The quantitative estimate of drug-likeness (QED) is 0.626. The summed E-state index contributed by atoms with van der Waals surface area (Å²) in [4.78, 5) is 29.0. The highest BCUT2D eigenvalue weighted by Crippen LogP contribution is 2.29. The number of amides is 1. The zero-order valence-corrected chi connectivity index (χ0v) is 16.3. The van der Waals surface area contributed by atoms with Crippen molar-refractivity contribution in [1.29, 1.82) is 5.26 Å². The van der Waals surface area contributed by atoms with Crippen LogP contribution >= 0.6 is 22.9 Å². The fourth-order valence-electron chi connectivity index (χ4n) is 2.39. The van der Waals surface area contributed by atoms with E-state index in [-0.39, 0.29) is 0 Å². The molecule has 0 aliphatic carbocycles. The van der Waals surface area contributed by atoms with Gasteiger partial charge in [0, 0.05) is 16.3 Å². The molecule has 0 atom stereocenters. The molecule has 0 saturated carbocycles. The average Bonchev–Trinajstić information content (AvgIpc) is 3.08. The second kappa shape index (κ2) is 8.65. The number of nitriles is 1. The Morgan fingerprint density at radius 3 is 2.79 bits per heavy atom. The molecule has 0 spiro atoms. The van der Waals surface area contributed by atoms with Crippen molar-refractivity contribution in [1.82, 2.24) is 4.98 Å². The number of halogens is 1. The Morgan fingerprint density at radius 2 is 2.04 bits per heavy atom. The molecule has 28 heavy (non-hydrogen) atoms. The number of carbonyl (C=O) groups excluding carboxylic acids is 2. The summed E-state index contributed by atoms with van der Waals surface area (Å²) in [6, 6.07) is 15.6. The van der Waals surface area contributed by atoms with E-state index >= 15 is 0 Å². The molecule has 6 nitrogen and oxygen atoms in total. The van der Waals surface area contributed by atoms with Crippen LogP contribution in [0, 0.1) is 18.3 Å². The molecule has 0 saturated heterocycles. The average molecular weight is 412 g/mol. The number of aryl methyl sites for hydroxylation is 1. The van der Waals surface area contributed by atoms with Crippen LogP contribution in [-0.4, -0.2) is 23.5 Å². The van der Waals surface area contributed by atoms with Crippen LogP contribution in [0.4, 0.5) is 5.69 Å². The highest BCUT2D eigenvalue weighted by atomic mass is 35.5. The lowest BCUT2D eigenvalue weighted by atomic mass is 10.2. The molecule has 2 aromatic carbocycles. The molecule has 1 amide bonds. The maximum atomic E-state index is 12.3. The molecule has 3 aromatic rings. The predicted molar refractivity (Wildman–Crippen MR) is 107 cm³/mol. The molecule has 0 bridgehead atoms. The van der Waals surface area contributed by atoms with Crippen molar-refractivity contribution >= 4 is 40.5 Å². The summed E-state index contributed by atoms with van der Waals surface area (Å²) in [6.07, 6.45) is 0. The minimum Gasteiger partial charge on any atom is -0.451 e. The van der Waals surface area contributed by atoms with Crippen LogP contribution in [0.3, 0.4) is 0 Å². The van der Waals surface area contributed by atoms with Gasteiger partial charge >= 0.3 is 5.97 Å². The number of aromatic nitrogens is 1. The van der Waals surface area contributed by atoms with E-state index in [1.807, 2.05) is 12.1 Å². The Morgan fingerprint density at radius 1 is 1.25 bits per heavy atom. The van der Waals surface area contributed by atoms with Gasteiger partial charge in [0.25, 0.3) is 5.91 Å². The second-order valence-corrected chi connectivity index (χ2v) is 7.20. The van der Waals surface area contributed by atoms with E-state index in [0.717, 1.165) is 5.56 Å². The molecule has 3 rings (SSSR count).